The number of hydrogen-bond acceptors (Lipinski definition) is 3. The van der Waals surface area contributed by atoms with Crippen LogP contribution < -0.4 is 5.73 Å². The zero-order valence-electron chi connectivity index (χ0n) is 6.45. The number of likely N-dealkylation sites (tertiary alicyclic amines) is 1. The van der Waals surface area contributed by atoms with E-state index in [1.54, 1.807) is 0 Å². The third kappa shape index (κ3) is 1.68. The first-order valence-corrected chi connectivity index (χ1v) is 3.84. The summed E-state index contributed by atoms with van der Waals surface area (Å²) in [5.41, 5.74) is 5.46. The predicted molar refractivity (Wildman–Crippen MR) is 40.4 cm³/mol. The Morgan fingerprint density at radius 1 is 1.70 bits per heavy atom. The van der Waals surface area contributed by atoms with Gasteiger partial charge in [0.25, 0.3) is 0 Å². The standard InChI is InChI=1S/C7H16N2O/c1-6-4-9(5-8)3-2-7(6)10/h6-7,10H,2-5,8H2,1H3. The van der Waals surface area contributed by atoms with Crippen molar-refractivity contribution in [1.82, 2.24) is 4.90 Å². The first-order valence-electron chi connectivity index (χ1n) is 3.84. The summed E-state index contributed by atoms with van der Waals surface area (Å²) in [6.07, 6.45) is 0.765. The molecule has 1 rings (SSSR count). The zero-order valence-corrected chi connectivity index (χ0v) is 6.45. The molecule has 2 atom stereocenters. The predicted octanol–water partition coefficient (Wildman–Crippen LogP) is -0.395. The van der Waals surface area contributed by atoms with Gasteiger partial charge in [-0.05, 0) is 12.3 Å². The van der Waals surface area contributed by atoms with Crippen molar-refractivity contribution < 1.29 is 5.11 Å². The molecule has 2 unspecified atom stereocenters. The number of rotatable bonds is 1. The number of aliphatic hydroxyl groups is 1. The van der Waals surface area contributed by atoms with Crippen molar-refractivity contribution in [2.45, 2.75) is 19.4 Å². The van der Waals surface area contributed by atoms with E-state index >= 15 is 0 Å². The summed E-state index contributed by atoms with van der Waals surface area (Å²) < 4.78 is 0. The number of aliphatic hydroxyl groups excluding tert-OH is 1. The first-order chi connectivity index (χ1) is 4.74. The Bertz CT molecular complexity index is 108. The fourth-order valence-electron chi connectivity index (χ4n) is 1.39. The molecule has 1 saturated heterocycles. The van der Waals surface area contributed by atoms with E-state index < -0.39 is 0 Å². The topological polar surface area (TPSA) is 49.5 Å². The molecule has 0 radical (unpaired) electrons. The van der Waals surface area contributed by atoms with Gasteiger partial charge in [-0.3, -0.25) is 4.90 Å². The van der Waals surface area contributed by atoms with E-state index in [-0.39, 0.29) is 6.10 Å². The second kappa shape index (κ2) is 3.32. The summed E-state index contributed by atoms with van der Waals surface area (Å²) in [6.45, 7) is 4.57. The Morgan fingerprint density at radius 2 is 2.40 bits per heavy atom. The number of piperidine rings is 1. The molecule has 60 valence electrons. The quantitative estimate of drug-likeness (QED) is 0.526. The van der Waals surface area contributed by atoms with Crippen LogP contribution in [0.1, 0.15) is 13.3 Å². The lowest BCUT2D eigenvalue weighted by Crippen LogP contribution is -2.44. The highest BCUT2D eigenvalue weighted by atomic mass is 16.3. The summed E-state index contributed by atoms with van der Waals surface area (Å²) >= 11 is 0. The highest BCUT2D eigenvalue weighted by Crippen LogP contribution is 2.14. The molecule has 3 N–H and O–H groups in total. The van der Waals surface area contributed by atoms with Crippen molar-refractivity contribution in [2.24, 2.45) is 11.7 Å². The number of hydrogen-bond donors (Lipinski definition) is 2. The third-order valence-electron chi connectivity index (χ3n) is 2.20. The molecule has 1 aliphatic rings. The molecule has 0 aromatic rings. The molecular formula is C7H16N2O. The van der Waals surface area contributed by atoms with E-state index in [0.29, 0.717) is 12.6 Å². The van der Waals surface area contributed by atoms with Crippen LogP contribution in [0.15, 0.2) is 0 Å². The Labute approximate surface area is 61.8 Å². The lowest BCUT2D eigenvalue weighted by Gasteiger charge is -2.33. The minimum atomic E-state index is -0.109. The maximum Gasteiger partial charge on any atom is 0.0590 e. The minimum Gasteiger partial charge on any atom is -0.393 e. The van der Waals surface area contributed by atoms with Gasteiger partial charge in [0, 0.05) is 19.8 Å². The van der Waals surface area contributed by atoms with Crippen molar-refractivity contribution in [3.05, 3.63) is 0 Å². The van der Waals surface area contributed by atoms with Crippen molar-refractivity contribution in [3.8, 4) is 0 Å². The molecule has 3 heteroatoms. The van der Waals surface area contributed by atoms with Crippen LogP contribution in [-0.2, 0) is 0 Å². The number of nitrogens with two attached hydrogens (primary N) is 1. The van der Waals surface area contributed by atoms with E-state index in [2.05, 4.69) is 11.8 Å². The Balaban J connectivity index is 2.33. The highest BCUT2D eigenvalue weighted by Gasteiger charge is 2.22. The van der Waals surface area contributed by atoms with Crippen LogP contribution in [0.5, 0.6) is 0 Å². The van der Waals surface area contributed by atoms with Gasteiger partial charge >= 0.3 is 0 Å². The largest absolute Gasteiger partial charge is 0.393 e. The van der Waals surface area contributed by atoms with Gasteiger partial charge in [-0.15, -0.1) is 0 Å². The number of nitrogens with zero attached hydrogens (tertiary/aromatic N) is 1. The van der Waals surface area contributed by atoms with Gasteiger partial charge in [0.05, 0.1) is 6.10 Å². The van der Waals surface area contributed by atoms with Crippen LogP contribution in [0.2, 0.25) is 0 Å². The smallest absolute Gasteiger partial charge is 0.0590 e. The second-order valence-corrected chi connectivity index (χ2v) is 3.09. The molecule has 0 aliphatic carbocycles. The first kappa shape index (κ1) is 7.98. The summed E-state index contributed by atoms with van der Waals surface area (Å²) in [6, 6.07) is 0. The van der Waals surface area contributed by atoms with Crippen molar-refractivity contribution in [3.63, 3.8) is 0 Å². The Hall–Kier alpha value is -0.120. The fraction of sp³-hybridized carbons (Fsp3) is 1.00. The van der Waals surface area contributed by atoms with Gasteiger partial charge in [0.2, 0.25) is 0 Å². The Morgan fingerprint density at radius 3 is 2.90 bits per heavy atom. The third-order valence-corrected chi connectivity index (χ3v) is 2.20. The summed E-state index contributed by atoms with van der Waals surface area (Å²) in [5, 5.41) is 9.32. The van der Waals surface area contributed by atoms with Crippen LogP contribution >= 0.6 is 0 Å². The highest BCUT2D eigenvalue weighted by molar-refractivity contribution is 4.75. The Kier molecular flexibility index (Phi) is 2.65. The average Bonchev–Trinajstić information content (AvgIpc) is 1.95. The van der Waals surface area contributed by atoms with Crippen molar-refractivity contribution >= 4 is 0 Å². The van der Waals surface area contributed by atoms with E-state index in [1.165, 1.54) is 0 Å². The maximum absolute atomic E-state index is 9.32. The van der Waals surface area contributed by atoms with Crippen LogP contribution in [0.25, 0.3) is 0 Å². The lowest BCUT2D eigenvalue weighted by atomic mass is 9.97. The normalized spacial score (nSPS) is 36.3. The van der Waals surface area contributed by atoms with Gasteiger partial charge in [-0.1, -0.05) is 6.92 Å². The average molecular weight is 144 g/mol. The van der Waals surface area contributed by atoms with Crippen LogP contribution in [0, 0.1) is 5.92 Å². The van der Waals surface area contributed by atoms with E-state index in [1.807, 2.05) is 0 Å². The molecule has 0 amide bonds. The molecule has 1 heterocycles. The molecule has 0 aromatic heterocycles. The summed E-state index contributed by atoms with van der Waals surface area (Å²) in [7, 11) is 0. The molecular weight excluding hydrogens is 128 g/mol. The van der Waals surface area contributed by atoms with Gasteiger partial charge in [-0.2, -0.15) is 0 Å². The molecule has 1 fully saturated rings. The molecule has 0 bridgehead atoms. The van der Waals surface area contributed by atoms with Gasteiger partial charge in [-0.25, -0.2) is 0 Å². The van der Waals surface area contributed by atoms with Crippen LogP contribution in [0.3, 0.4) is 0 Å². The maximum atomic E-state index is 9.32. The molecule has 0 saturated carbocycles. The van der Waals surface area contributed by atoms with Gasteiger partial charge in [0.1, 0.15) is 0 Å². The summed E-state index contributed by atoms with van der Waals surface area (Å²) in [4.78, 5) is 2.16. The molecule has 0 aromatic carbocycles. The SMILES string of the molecule is CC1CN(CN)CCC1O. The van der Waals surface area contributed by atoms with E-state index in [0.717, 1.165) is 19.5 Å². The zero-order chi connectivity index (χ0) is 7.56. The van der Waals surface area contributed by atoms with Crippen LogP contribution in [0.4, 0.5) is 0 Å². The van der Waals surface area contributed by atoms with Crippen molar-refractivity contribution in [2.75, 3.05) is 19.8 Å². The monoisotopic (exact) mass is 144 g/mol. The van der Waals surface area contributed by atoms with Gasteiger partial charge in [0.15, 0.2) is 0 Å². The molecule has 0 spiro atoms. The molecule has 3 nitrogen and oxygen atoms in total. The second-order valence-electron chi connectivity index (χ2n) is 3.09. The summed E-state index contributed by atoms with van der Waals surface area (Å²) in [5.74, 6) is 0.386. The minimum absolute atomic E-state index is 0.109. The van der Waals surface area contributed by atoms with E-state index in [9.17, 15) is 5.11 Å². The lowest BCUT2D eigenvalue weighted by molar-refractivity contribution is 0.0362. The van der Waals surface area contributed by atoms with Crippen LogP contribution in [-0.4, -0.2) is 35.9 Å². The fourth-order valence-corrected chi connectivity index (χ4v) is 1.39. The molecule has 1 aliphatic heterocycles. The van der Waals surface area contributed by atoms with E-state index in [4.69, 9.17) is 5.73 Å². The molecule has 10 heavy (non-hydrogen) atoms. The van der Waals surface area contributed by atoms with Gasteiger partial charge < -0.3 is 10.8 Å². The van der Waals surface area contributed by atoms with Crippen molar-refractivity contribution in [1.29, 1.82) is 0 Å².